The fourth-order valence-corrected chi connectivity index (χ4v) is 4.30. The molecule has 0 bridgehead atoms. The molecule has 1 saturated heterocycles. The van der Waals surface area contributed by atoms with Crippen LogP contribution in [0, 0.1) is 0 Å². The van der Waals surface area contributed by atoms with Gasteiger partial charge in [-0.1, -0.05) is 55.8 Å². The monoisotopic (exact) mass is 445 g/mol. The van der Waals surface area contributed by atoms with Gasteiger partial charge in [-0.05, 0) is 41.0 Å². The van der Waals surface area contributed by atoms with E-state index in [0.717, 1.165) is 23.6 Å². The second-order valence-corrected chi connectivity index (χ2v) is 8.02. The Labute approximate surface area is 193 Å². The van der Waals surface area contributed by atoms with E-state index in [1.54, 1.807) is 36.3 Å². The Morgan fingerprint density at radius 1 is 0.939 bits per heavy atom. The maximum atomic E-state index is 13.2. The second kappa shape index (κ2) is 9.36. The van der Waals surface area contributed by atoms with E-state index in [0.29, 0.717) is 29.2 Å². The van der Waals surface area contributed by atoms with Gasteiger partial charge in [-0.3, -0.25) is 9.59 Å². The van der Waals surface area contributed by atoms with Gasteiger partial charge in [0.1, 0.15) is 5.76 Å². The van der Waals surface area contributed by atoms with E-state index in [1.807, 2.05) is 43.3 Å². The highest BCUT2D eigenvalue weighted by atomic mass is 16.5. The quantitative estimate of drug-likeness (QED) is 0.312. The number of ketones is 1. The summed E-state index contributed by atoms with van der Waals surface area (Å²) < 4.78 is 10.8. The molecule has 3 aromatic carbocycles. The van der Waals surface area contributed by atoms with Crippen LogP contribution in [0.15, 0.2) is 66.2 Å². The van der Waals surface area contributed by atoms with Gasteiger partial charge in [0.15, 0.2) is 11.5 Å². The number of Topliss-reactive ketones (excluding diaryl/α,β-unsaturated/α-hetero) is 1. The largest absolute Gasteiger partial charge is 0.507 e. The number of unbranched alkanes of at least 4 members (excludes halogenated alkanes) is 1. The smallest absolute Gasteiger partial charge is 0.295 e. The summed E-state index contributed by atoms with van der Waals surface area (Å²) in [4.78, 5) is 27.7. The van der Waals surface area contributed by atoms with Crippen LogP contribution in [0.25, 0.3) is 16.5 Å². The van der Waals surface area contributed by atoms with Crippen molar-refractivity contribution >= 4 is 28.2 Å². The first-order valence-corrected chi connectivity index (χ1v) is 11.0. The molecule has 0 radical (unpaired) electrons. The first kappa shape index (κ1) is 22.4. The van der Waals surface area contributed by atoms with Gasteiger partial charge in [0, 0.05) is 12.1 Å². The zero-order chi connectivity index (χ0) is 23.5. The van der Waals surface area contributed by atoms with Crippen LogP contribution in [0.3, 0.4) is 0 Å². The average Bonchev–Trinajstić information content (AvgIpc) is 3.11. The number of aliphatic hydroxyl groups is 1. The number of nitrogens with zero attached hydrogens (tertiary/aromatic N) is 1. The van der Waals surface area contributed by atoms with Gasteiger partial charge >= 0.3 is 0 Å². The molecular weight excluding hydrogens is 418 g/mol. The molecule has 0 spiro atoms. The van der Waals surface area contributed by atoms with Crippen LogP contribution < -0.4 is 9.47 Å². The highest BCUT2D eigenvalue weighted by molar-refractivity contribution is 6.46. The number of carbonyl (C=O) groups excluding carboxylic acids is 2. The van der Waals surface area contributed by atoms with E-state index >= 15 is 0 Å². The van der Waals surface area contributed by atoms with Crippen molar-refractivity contribution in [2.75, 3.05) is 20.8 Å². The van der Waals surface area contributed by atoms with Crippen LogP contribution in [0.4, 0.5) is 0 Å². The predicted molar refractivity (Wildman–Crippen MR) is 127 cm³/mol. The highest BCUT2D eigenvalue weighted by Gasteiger charge is 2.46. The molecule has 3 aromatic rings. The number of carbonyl (C=O) groups is 2. The molecule has 33 heavy (non-hydrogen) atoms. The Balaban J connectivity index is 1.89. The summed E-state index contributed by atoms with van der Waals surface area (Å²) in [6.45, 7) is 2.44. The summed E-state index contributed by atoms with van der Waals surface area (Å²) in [5.41, 5.74) is 1.25. The molecule has 1 atom stereocenters. The molecule has 6 nitrogen and oxygen atoms in total. The van der Waals surface area contributed by atoms with Crippen LogP contribution in [0.1, 0.15) is 36.9 Å². The number of likely N-dealkylation sites (tertiary alicyclic amines) is 1. The van der Waals surface area contributed by atoms with Crippen molar-refractivity contribution in [3.05, 3.63) is 77.4 Å². The fraction of sp³-hybridized carbons (Fsp3) is 0.259. The number of aliphatic hydroxyl groups excluding tert-OH is 1. The van der Waals surface area contributed by atoms with Crippen molar-refractivity contribution in [3.8, 4) is 11.5 Å². The zero-order valence-electron chi connectivity index (χ0n) is 19.0. The SMILES string of the molecule is CCCCN1C(=O)C(=O)/C(=C(/O)c2ccc3ccccc3c2)C1c1ccc(OC)c(OC)c1. The van der Waals surface area contributed by atoms with Gasteiger partial charge in [-0.15, -0.1) is 0 Å². The molecule has 1 amide bonds. The lowest BCUT2D eigenvalue weighted by Gasteiger charge is -2.26. The Bertz CT molecular complexity index is 1250. The van der Waals surface area contributed by atoms with Gasteiger partial charge in [-0.25, -0.2) is 0 Å². The first-order chi connectivity index (χ1) is 16.0. The molecule has 1 fully saturated rings. The normalized spacial score (nSPS) is 17.5. The minimum absolute atomic E-state index is 0.0820. The van der Waals surface area contributed by atoms with Crippen LogP contribution >= 0.6 is 0 Å². The first-order valence-electron chi connectivity index (χ1n) is 11.0. The van der Waals surface area contributed by atoms with E-state index in [1.165, 1.54) is 7.11 Å². The van der Waals surface area contributed by atoms with Gasteiger partial charge < -0.3 is 19.5 Å². The van der Waals surface area contributed by atoms with E-state index in [-0.39, 0.29) is 11.3 Å². The Morgan fingerprint density at radius 3 is 2.36 bits per heavy atom. The van der Waals surface area contributed by atoms with Crippen molar-refractivity contribution in [1.29, 1.82) is 0 Å². The fourth-order valence-electron chi connectivity index (χ4n) is 4.30. The number of fused-ring (bicyclic) bond motifs is 1. The molecule has 1 heterocycles. The number of amides is 1. The number of ether oxygens (including phenoxy) is 2. The standard InChI is InChI=1S/C27H27NO5/c1-4-5-14-28-24(19-12-13-21(32-2)22(16-19)33-3)23(26(30)27(28)31)25(29)20-11-10-17-8-6-7-9-18(17)15-20/h6-13,15-16,24,29H,4-5,14H2,1-3H3/b25-23+. The Hall–Kier alpha value is -3.80. The zero-order valence-corrected chi connectivity index (χ0v) is 19.0. The average molecular weight is 446 g/mol. The Kier molecular flexibility index (Phi) is 6.36. The molecule has 0 aromatic heterocycles. The molecule has 170 valence electrons. The van der Waals surface area contributed by atoms with E-state index < -0.39 is 17.7 Å². The van der Waals surface area contributed by atoms with Crippen LogP contribution in [0.5, 0.6) is 11.5 Å². The minimum atomic E-state index is -0.720. The van der Waals surface area contributed by atoms with E-state index in [4.69, 9.17) is 9.47 Å². The number of methoxy groups -OCH3 is 2. The number of rotatable bonds is 7. The molecule has 4 rings (SSSR count). The number of benzene rings is 3. The topological polar surface area (TPSA) is 76.1 Å². The van der Waals surface area contributed by atoms with Crippen molar-refractivity contribution in [1.82, 2.24) is 4.90 Å². The lowest BCUT2D eigenvalue weighted by molar-refractivity contribution is -0.139. The summed E-state index contributed by atoms with van der Waals surface area (Å²) in [6, 6.07) is 17.8. The summed E-state index contributed by atoms with van der Waals surface area (Å²) in [5.74, 6) is -0.442. The van der Waals surface area contributed by atoms with E-state index in [9.17, 15) is 14.7 Å². The summed E-state index contributed by atoms with van der Waals surface area (Å²) >= 11 is 0. The van der Waals surface area contributed by atoms with Crippen molar-refractivity contribution in [2.45, 2.75) is 25.8 Å². The highest BCUT2D eigenvalue weighted by Crippen LogP contribution is 2.42. The third-order valence-electron chi connectivity index (χ3n) is 6.04. The van der Waals surface area contributed by atoms with Gasteiger partial charge in [0.05, 0.1) is 25.8 Å². The maximum Gasteiger partial charge on any atom is 0.295 e. The number of hydrogen-bond acceptors (Lipinski definition) is 5. The molecule has 1 N–H and O–H groups in total. The third-order valence-corrected chi connectivity index (χ3v) is 6.04. The number of hydrogen-bond donors (Lipinski definition) is 1. The molecule has 6 heteroatoms. The van der Waals surface area contributed by atoms with Gasteiger partial charge in [0.25, 0.3) is 11.7 Å². The Morgan fingerprint density at radius 2 is 1.67 bits per heavy atom. The lowest BCUT2D eigenvalue weighted by Crippen LogP contribution is -2.30. The molecule has 0 saturated carbocycles. The van der Waals surface area contributed by atoms with Gasteiger partial charge in [0.2, 0.25) is 0 Å². The van der Waals surface area contributed by atoms with Crippen molar-refractivity contribution < 1.29 is 24.2 Å². The maximum absolute atomic E-state index is 13.2. The van der Waals surface area contributed by atoms with Crippen LogP contribution in [-0.2, 0) is 9.59 Å². The van der Waals surface area contributed by atoms with Crippen LogP contribution in [-0.4, -0.2) is 42.5 Å². The molecule has 1 unspecified atom stereocenters. The minimum Gasteiger partial charge on any atom is -0.507 e. The molecule has 1 aliphatic heterocycles. The molecule has 0 aliphatic carbocycles. The summed E-state index contributed by atoms with van der Waals surface area (Å²) in [5, 5.41) is 13.3. The second-order valence-electron chi connectivity index (χ2n) is 8.02. The molecular formula is C27H27NO5. The van der Waals surface area contributed by atoms with Crippen LogP contribution in [0.2, 0.25) is 0 Å². The predicted octanol–water partition coefficient (Wildman–Crippen LogP) is 5.08. The van der Waals surface area contributed by atoms with E-state index in [2.05, 4.69) is 0 Å². The summed E-state index contributed by atoms with van der Waals surface area (Å²) in [7, 11) is 3.08. The molecule has 1 aliphatic rings. The van der Waals surface area contributed by atoms with Crippen molar-refractivity contribution in [2.24, 2.45) is 0 Å². The van der Waals surface area contributed by atoms with Gasteiger partial charge in [-0.2, -0.15) is 0 Å². The summed E-state index contributed by atoms with van der Waals surface area (Å²) in [6.07, 6.45) is 1.61. The lowest BCUT2D eigenvalue weighted by atomic mass is 9.94. The van der Waals surface area contributed by atoms with Crippen molar-refractivity contribution in [3.63, 3.8) is 0 Å². The third kappa shape index (κ3) is 4.04.